The van der Waals surface area contributed by atoms with Gasteiger partial charge in [-0.25, -0.2) is 13.4 Å². The topological polar surface area (TPSA) is 75.6 Å². The zero-order valence-electron chi connectivity index (χ0n) is 14.4. The summed E-state index contributed by atoms with van der Waals surface area (Å²) in [5, 5.41) is 0. The van der Waals surface area contributed by atoms with E-state index < -0.39 is 10.0 Å². The molecular weight excluding hydrogens is 328 g/mol. The summed E-state index contributed by atoms with van der Waals surface area (Å²) in [7, 11) is -1.58. The van der Waals surface area contributed by atoms with E-state index in [1.807, 2.05) is 0 Å². The summed E-state index contributed by atoms with van der Waals surface area (Å²) in [6.07, 6.45) is 8.80. The van der Waals surface area contributed by atoms with Gasteiger partial charge in [-0.2, -0.15) is 9.29 Å². The molecule has 0 N–H and O–H groups in total. The average molecular weight is 354 g/mol. The molecule has 0 radical (unpaired) electrons. The van der Waals surface area contributed by atoms with Crippen molar-refractivity contribution < 1.29 is 13.2 Å². The fourth-order valence-electron chi connectivity index (χ4n) is 3.61. The van der Waals surface area contributed by atoms with Crippen molar-refractivity contribution >= 4 is 16.0 Å². The summed E-state index contributed by atoms with van der Waals surface area (Å²) in [5.74, 6) is 1.21. The molecule has 24 heavy (non-hydrogen) atoms. The molecule has 1 saturated heterocycles. The molecule has 1 atom stereocenters. The second-order valence-electron chi connectivity index (χ2n) is 6.65. The predicted octanol–water partition coefficient (Wildman–Crippen LogP) is 1.66. The first-order valence-electron chi connectivity index (χ1n) is 8.59. The van der Waals surface area contributed by atoms with Crippen molar-refractivity contribution in [3.8, 4) is 5.88 Å². The molecule has 2 fully saturated rings. The highest BCUT2D eigenvalue weighted by Gasteiger charge is 2.37. The lowest BCUT2D eigenvalue weighted by Gasteiger charge is -2.40. The van der Waals surface area contributed by atoms with Crippen LogP contribution < -0.4 is 9.64 Å². The van der Waals surface area contributed by atoms with Crippen molar-refractivity contribution in [2.24, 2.45) is 0 Å². The molecule has 1 aliphatic heterocycles. The van der Waals surface area contributed by atoms with E-state index in [2.05, 4.69) is 14.9 Å². The molecule has 8 heteroatoms. The van der Waals surface area contributed by atoms with E-state index in [0.717, 1.165) is 51.6 Å². The summed E-state index contributed by atoms with van der Waals surface area (Å²) in [6.45, 7) is 1.60. The van der Waals surface area contributed by atoms with Crippen LogP contribution in [0.25, 0.3) is 0 Å². The van der Waals surface area contributed by atoms with Crippen LogP contribution in [0.2, 0.25) is 0 Å². The number of aromatic nitrogens is 2. The van der Waals surface area contributed by atoms with E-state index in [-0.39, 0.29) is 12.1 Å². The Hall–Kier alpha value is -1.41. The van der Waals surface area contributed by atoms with Gasteiger partial charge in [-0.05, 0) is 32.1 Å². The van der Waals surface area contributed by atoms with Crippen LogP contribution in [0.1, 0.15) is 38.5 Å². The van der Waals surface area contributed by atoms with Gasteiger partial charge in [0.05, 0.1) is 13.4 Å². The highest BCUT2D eigenvalue weighted by atomic mass is 32.2. The third-order valence-corrected chi connectivity index (χ3v) is 6.35. The largest absolute Gasteiger partial charge is 0.481 e. The summed E-state index contributed by atoms with van der Waals surface area (Å²) in [6, 6.07) is 2.01. The number of hydrogen-bond acceptors (Lipinski definition) is 6. The monoisotopic (exact) mass is 354 g/mol. The molecule has 3 rings (SSSR count). The van der Waals surface area contributed by atoms with E-state index >= 15 is 0 Å². The minimum Gasteiger partial charge on any atom is -0.481 e. The second-order valence-corrected chi connectivity index (χ2v) is 8.54. The van der Waals surface area contributed by atoms with Crippen molar-refractivity contribution in [2.75, 3.05) is 31.4 Å². The van der Waals surface area contributed by atoms with Crippen LogP contribution in [0.15, 0.2) is 12.3 Å². The molecule has 7 nitrogen and oxygen atoms in total. The minimum absolute atomic E-state index is 0.0842. The number of rotatable bonds is 5. The van der Waals surface area contributed by atoms with Gasteiger partial charge in [0.1, 0.15) is 0 Å². The molecule has 134 valence electrons. The number of hydrogen-bond donors (Lipinski definition) is 0. The molecule has 0 spiro atoms. The second kappa shape index (κ2) is 7.23. The zero-order valence-corrected chi connectivity index (χ0v) is 15.2. The lowest BCUT2D eigenvalue weighted by Crippen LogP contribution is -2.49. The van der Waals surface area contributed by atoms with Gasteiger partial charge in [0.15, 0.2) is 0 Å². The van der Waals surface area contributed by atoms with Crippen LogP contribution in [0.4, 0.5) is 5.95 Å². The molecule has 0 aromatic carbocycles. The predicted molar refractivity (Wildman–Crippen MR) is 92.8 cm³/mol. The standard InChI is InChI=1S/C16H26N4O3S/c1-23-15-8-10-17-16(18-15)19-11-4-7-14(9-12-19)20(24(2,21)22)13-5-3-6-13/h8,10,13-14H,3-7,9,11-12H2,1-2H3/t14-/m0/s1. The maximum atomic E-state index is 12.3. The third-order valence-electron chi connectivity index (χ3n) is 4.98. The number of anilines is 1. The van der Waals surface area contributed by atoms with Crippen molar-refractivity contribution in [2.45, 2.75) is 50.6 Å². The molecular formula is C16H26N4O3S. The Balaban J connectivity index is 1.72. The van der Waals surface area contributed by atoms with Gasteiger partial charge < -0.3 is 9.64 Å². The molecule has 1 aliphatic carbocycles. The Kier molecular flexibility index (Phi) is 5.24. The number of ether oxygens (including phenoxy) is 1. The Morgan fingerprint density at radius 1 is 1.17 bits per heavy atom. The van der Waals surface area contributed by atoms with Gasteiger partial charge in [-0.1, -0.05) is 6.42 Å². The maximum Gasteiger partial charge on any atom is 0.228 e. The van der Waals surface area contributed by atoms with Gasteiger partial charge in [-0.3, -0.25) is 0 Å². The van der Waals surface area contributed by atoms with Crippen molar-refractivity contribution in [3.05, 3.63) is 12.3 Å². The fourth-order valence-corrected chi connectivity index (χ4v) is 5.12. The van der Waals surface area contributed by atoms with E-state index in [1.165, 1.54) is 6.26 Å². The Morgan fingerprint density at radius 2 is 1.88 bits per heavy atom. The summed E-state index contributed by atoms with van der Waals surface area (Å²) in [4.78, 5) is 10.9. The van der Waals surface area contributed by atoms with Crippen LogP contribution >= 0.6 is 0 Å². The van der Waals surface area contributed by atoms with Crippen LogP contribution in [0.5, 0.6) is 5.88 Å². The molecule has 2 aliphatic rings. The van der Waals surface area contributed by atoms with Gasteiger partial charge in [-0.15, -0.1) is 0 Å². The molecule has 0 bridgehead atoms. The first kappa shape index (κ1) is 17.4. The zero-order chi connectivity index (χ0) is 17.2. The average Bonchev–Trinajstić information content (AvgIpc) is 2.75. The number of nitrogens with zero attached hydrogens (tertiary/aromatic N) is 4. The smallest absolute Gasteiger partial charge is 0.228 e. The molecule has 1 aromatic heterocycles. The molecule has 1 saturated carbocycles. The van der Waals surface area contributed by atoms with E-state index in [4.69, 9.17) is 4.74 Å². The lowest BCUT2D eigenvalue weighted by molar-refractivity contribution is 0.164. The minimum atomic E-state index is -3.17. The van der Waals surface area contributed by atoms with Gasteiger partial charge >= 0.3 is 0 Å². The van der Waals surface area contributed by atoms with Crippen molar-refractivity contribution in [1.82, 2.24) is 14.3 Å². The molecule has 1 aromatic rings. The fraction of sp³-hybridized carbons (Fsp3) is 0.750. The molecule has 0 amide bonds. The van der Waals surface area contributed by atoms with Crippen LogP contribution in [0, 0.1) is 0 Å². The van der Waals surface area contributed by atoms with Gasteiger partial charge in [0.25, 0.3) is 0 Å². The quantitative estimate of drug-likeness (QED) is 0.800. The Morgan fingerprint density at radius 3 is 2.50 bits per heavy atom. The van der Waals surface area contributed by atoms with E-state index in [1.54, 1.807) is 23.7 Å². The van der Waals surface area contributed by atoms with Crippen LogP contribution in [0.3, 0.4) is 0 Å². The number of sulfonamides is 1. The Labute approximate surface area is 144 Å². The van der Waals surface area contributed by atoms with Gasteiger partial charge in [0, 0.05) is 37.4 Å². The lowest BCUT2D eigenvalue weighted by atomic mass is 9.91. The summed E-state index contributed by atoms with van der Waals surface area (Å²) < 4.78 is 31.5. The highest BCUT2D eigenvalue weighted by Crippen LogP contribution is 2.32. The summed E-state index contributed by atoms with van der Waals surface area (Å²) in [5.41, 5.74) is 0. The van der Waals surface area contributed by atoms with Crippen LogP contribution in [-0.2, 0) is 10.0 Å². The first-order chi connectivity index (χ1) is 11.5. The Bertz CT molecular complexity index is 663. The highest BCUT2D eigenvalue weighted by molar-refractivity contribution is 7.88. The molecule has 2 heterocycles. The third kappa shape index (κ3) is 3.80. The normalized spacial score (nSPS) is 23.0. The van der Waals surface area contributed by atoms with Crippen LogP contribution in [-0.4, -0.2) is 61.2 Å². The summed E-state index contributed by atoms with van der Waals surface area (Å²) >= 11 is 0. The molecule has 0 unspecified atom stereocenters. The number of methoxy groups -OCH3 is 1. The van der Waals surface area contributed by atoms with Crippen molar-refractivity contribution in [1.29, 1.82) is 0 Å². The maximum absolute atomic E-state index is 12.3. The van der Waals surface area contributed by atoms with Gasteiger partial charge in [0.2, 0.25) is 21.9 Å². The van der Waals surface area contributed by atoms with E-state index in [0.29, 0.717) is 11.8 Å². The van der Waals surface area contributed by atoms with Crippen molar-refractivity contribution in [3.63, 3.8) is 0 Å². The SMILES string of the molecule is COc1ccnc(N2CCC[C@H](N(C3CCC3)S(C)(=O)=O)CC2)n1. The van der Waals surface area contributed by atoms with E-state index in [9.17, 15) is 8.42 Å². The first-order valence-corrected chi connectivity index (χ1v) is 10.4.